The van der Waals surface area contributed by atoms with E-state index in [0.29, 0.717) is 19.8 Å². The van der Waals surface area contributed by atoms with Crippen molar-refractivity contribution in [2.75, 3.05) is 26.4 Å². The lowest BCUT2D eigenvalue weighted by molar-refractivity contribution is -0.0361. The molecule has 5 nitrogen and oxygen atoms in total. The first-order chi connectivity index (χ1) is 10.8. The Bertz CT molecular complexity index is 499. The normalized spacial score (nSPS) is 23.7. The number of ether oxygens (including phenoxy) is 2. The minimum absolute atomic E-state index is 0.114. The summed E-state index contributed by atoms with van der Waals surface area (Å²) in [6.45, 7) is 2.33. The highest BCUT2D eigenvalue weighted by atomic mass is 16.6. The molecule has 0 aliphatic carbocycles. The highest BCUT2D eigenvalue weighted by Gasteiger charge is 2.51. The fourth-order valence-corrected chi connectivity index (χ4v) is 3.73. The van der Waals surface area contributed by atoms with Gasteiger partial charge in [-0.2, -0.15) is 0 Å². The molecule has 1 amide bonds. The third-order valence-electron chi connectivity index (χ3n) is 5.00. The number of amides is 1. The lowest BCUT2D eigenvalue weighted by Crippen LogP contribution is -2.54. The Balaban J connectivity index is 1.68. The SMILES string of the molecule is O=C(OCc1ccccc1)N1CCC(CO)C12CCOCC2. The Morgan fingerprint density at radius 2 is 2.05 bits per heavy atom. The van der Waals surface area contributed by atoms with Crippen LogP contribution in [0.1, 0.15) is 24.8 Å². The Hall–Kier alpha value is -1.59. The highest BCUT2D eigenvalue weighted by molar-refractivity contribution is 5.69. The summed E-state index contributed by atoms with van der Waals surface area (Å²) in [5.41, 5.74) is 0.690. The van der Waals surface area contributed by atoms with Gasteiger partial charge in [-0.3, -0.25) is 0 Å². The average molecular weight is 305 g/mol. The number of hydrogen-bond acceptors (Lipinski definition) is 4. The molecule has 1 aromatic carbocycles. The van der Waals surface area contributed by atoms with Gasteiger partial charge in [-0.25, -0.2) is 4.79 Å². The average Bonchev–Trinajstić information content (AvgIpc) is 2.92. The minimum atomic E-state index is -0.291. The van der Waals surface area contributed by atoms with E-state index in [1.165, 1.54) is 0 Å². The van der Waals surface area contributed by atoms with Gasteiger partial charge in [0, 0.05) is 32.3 Å². The van der Waals surface area contributed by atoms with Crippen molar-refractivity contribution in [1.29, 1.82) is 0 Å². The molecule has 0 radical (unpaired) electrons. The molecule has 22 heavy (non-hydrogen) atoms. The van der Waals surface area contributed by atoms with E-state index in [1.54, 1.807) is 0 Å². The van der Waals surface area contributed by atoms with E-state index in [2.05, 4.69) is 0 Å². The zero-order chi connectivity index (χ0) is 15.4. The maximum absolute atomic E-state index is 12.5. The van der Waals surface area contributed by atoms with Crippen molar-refractivity contribution in [1.82, 2.24) is 4.90 Å². The molecule has 1 aromatic rings. The molecule has 1 N–H and O–H groups in total. The second-order valence-corrected chi connectivity index (χ2v) is 6.08. The van der Waals surface area contributed by atoms with Crippen molar-refractivity contribution in [3.8, 4) is 0 Å². The lowest BCUT2D eigenvalue weighted by atomic mass is 9.79. The van der Waals surface area contributed by atoms with Crippen molar-refractivity contribution in [3.05, 3.63) is 35.9 Å². The van der Waals surface area contributed by atoms with Gasteiger partial charge < -0.3 is 19.5 Å². The molecule has 2 aliphatic rings. The summed E-state index contributed by atoms with van der Waals surface area (Å²) in [7, 11) is 0. The summed E-state index contributed by atoms with van der Waals surface area (Å²) in [6.07, 6.45) is 2.11. The fraction of sp³-hybridized carbons (Fsp3) is 0.588. The molecule has 5 heteroatoms. The molecule has 2 aliphatic heterocycles. The van der Waals surface area contributed by atoms with E-state index < -0.39 is 0 Å². The molecule has 1 atom stereocenters. The van der Waals surface area contributed by atoms with Crippen molar-refractivity contribution >= 4 is 6.09 Å². The third-order valence-corrected chi connectivity index (χ3v) is 5.00. The monoisotopic (exact) mass is 305 g/mol. The molecule has 2 saturated heterocycles. The van der Waals surface area contributed by atoms with Crippen LogP contribution in [0.2, 0.25) is 0 Å². The number of aliphatic hydroxyl groups is 1. The van der Waals surface area contributed by atoms with E-state index in [4.69, 9.17) is 9.47 Å². The predicted molar refractivity (Wildman–Crippen MR) is 81.3 cm³/mol. The van der Waals surface area contributed by atoms with Crippen molar-refractivity contribution < 1.29 is 19.4 Å². The third kappa shape index (κ3) is 2.83. The van der Waals surface area contributed by atoms with Gasteiger partial charge in [0.2, 0.25) is 0 Å². The van der Waals surface area contributed by atoms with Crippen LogP contribution in [-0.4, -0.2) is 48.0 Å². The first-order valence-corrected chi connectivity index (χ1v) is 7.93. The van der Waals surface area contributed by atoms with E-state index in [0.717, 1.165) is 24.8 Å². The lowest BCUT2D eigenvalue weighted by Gasteiger charge is -2.43. The Morgan fingerprint density at radius 1 is 1.32 bits per heavy atom. The van der Waals surface area contributed by atoms with E-state index >= 15 is 0 Å². The number of carbonyl (C=O) groups is 1. The van der Waals surface area contributed by atoms with Gasteiger partial charge in [0.1, 0.15) is 6.61 Å². The minimum Gasteiger partial charge on any atom is -0.445 e. The zero-order valence-corrected chi connectivity index (χ0v) is 12.7. The maximum atomic E-state index is 12.5. The van der Waals surface area contributed by atoms with E-state index in [9.17, 15) is 9.90 Å². The molecule has 0 saturated carbocycles. The summed E-state index contributed by atoms with van der Waals surface area (Å²) in [5.74, 6) is 0.126. The largest absolute Gasteiger partial charge is 0.445 e. The van der Waals surface area contributed by atoms with Gasteiger partial charge in [0.15, 0.2) is 0 Å². The summed E-state index contributed by atoms with van der Waals surface area (Å²) >= 11 is 0. The van der Waals surface area contributed by atoms with E-state index in [1.807, 2.05) is 35.2 Å². The van der Waals surface area contributed by atoms with Crippen molar-refractivity contribution in [2.45, 2.75) is 31.4 Å². The molecule has 3 rings (SSSR count). The maximum Gasteiger partial charge on any atom is 0.410 e. The number of aliphatic hydroxyl groups excluding tert-OH is 1. The molecule has 0 bridgehead atoms. The van der Waals surface area contributed by atoms with Gasteiger partial charge in [0.05, 0.1) is 5.54 Å². The first kappa shape index (κ1) is 15.3. The Labute approximate surface area is 130 Å². The molecule has 1 unspecified atom stereocenters. The standard InChI is InChI=1S/C17H23NO4/c19-12-15-6-9-18(17(15)7-10-21-11-8-17)16(20)22-13-14-4-2-1-3-5-14/h1-5,15,19H,6-13H2. The summed E-state index contributed by atoms with van der Waals surface area (Å²) in [5, 5.41) is 9.67. The number of carbonyl (C=O) groups excluding carboxylic acids is 1. The fourth-order valence-electron chi connectivity index (χ4n) is 3.73. The van der Waals surface area contributed by atoms with Crippen LogP contribution in [0.4, 0.5) is 4.79 Å². The number of likely N-dealkylation sites (tertiary alicyclic amines) is 1. The first-order valence-electron chi connectivity index (χ1n) is 7.93. The Morgan fingerprint density at radius 3 is 2.73 bits per heavy atom. The molecule has 120 valence electrons. The number of rotatable bonds is 3. The molecule has 2 fully saturated rings. The highest BCUT2D eigenvalue weighted by Crippen LogP contribution is 2.42. The summed E-state index contributed by atoms with van der Waals surface area (Å²) in [4.78, 5) is 14.4. The van der Waals surface area contributed by atoms with Crippen molar-refractivity contribution in [2.24, 2.45) is 5.92 Å². The summed E-state index contributed by atoms with van der Waals surface area (Å²) in [6, 6.07) is 9.69. The molecule has 0 aromatic heterocycles. The zero-order valence-electron chi connectivity index (χ0n) is 12.7. The topological polar surface area (TPSA) is 59.0 Å². The van der Waals surface area contributed by atoms with Crippen LogP contribution >= 0.6 is 0 Å². The molecule has 1 spiro atoms. The smallest absolute Gasteiger partial charge is 0.410 e. The Kier molecular flexibility index (Phi) is 4.64. The predicted octanol–water partition coefficient (Wildman–Crippen LogP) is 2.19. The van der Waals surface area contributed by atoms with Crippen LogP contribution in [0.25, 0.3) is 0 Å². The van der Waals surface area contributed by atoms with E-state index in [-0.39, 0.29) is 30.8 Å². The second-order valence-electron chi connectivity index (χ2n) is 6.08. The summed E-state index contributed by atoms with van der Waals surface area (Å²) < 4.78 is 10.9. The number of hydrogen-bond donors (Lipinski definition) is 1. The van der Waals surface area contributed by atoms with Crippen molar-refractivity contribution in [3.63, 3.8) is 0 Å². The van der Waals surface area contributed by atoms with Crippen LogP contribution < -0.4 is 0 Å². The van der Waals surface area contributed by atoms with Gasteiger partial charge in [0.25, 0.3) is 0 Å². The number of benzene rings is 1. The van der Waals surface area contributed by atoms with Gasteiger partial charge in [-0.05, 0) is 24.8 Å². The quantitative estimate of drug-likeness (QED) is 0.930. The molecule has 2 heterocycles. The number of nitrogens with zero attached hydrogens (tertiary/aromatic N) is 1. The van der Waals surface area contributed by atoms with Gasteiger partial charge >= 0.3 is 6.09 Å². The van der Waals surface area contributed by atoms with Gasteiger partial charge in [-0.1, -0.05) is 30.3 Å². The molecular weight excluding hydrogens is 282 g/mol. The van der Waals surface area contributed by atoms with Crippen LogP contribution in [0.5, 0.6) is 0 Å². The second kappa shape index (κ2) is 6.67. The van der Waals surface area contributed by atoms with Gasteiger partial charge in [-0.15, -0.1) is 0 Å². The van der Waals surface area contributed by atoms with Crippen LogP contribution in [-0.2, 0) is 16.1 Å². The van der Waals surface area contributed by atoms with Crippen LogP contribution in [0, 0.1) is 5.92 Å². The van der Waals surface area contributed by atoms with Crippen LogP contribution in [0.15, 0.2) is 30.3 Å². The molecular formula is C17H23NO4. The van der Waals surface area contributed by atoms with Crippen LogP contribution in [0.3, 0.4) is 0 Å².